The molecule has 0 spiro atoms. The first-order valence-electron chi connectivity index (χ1n) is 7.08. The van der Waals surface area contributed by atoms with E-state index in [-0.39, 0.29) is 5.97 Å². The first-order valence-corrected chi connectivity index (χ1v) is 7.08. The summed E-state index contributed by atoms with van der Waals surface area (Å²) in [6.07, 6.45) is 4.08. The summed E-state index contributed by atoms with van der Waals surface area (Å²) in [5.74, 6) is -0.119. The fourth-order valence-electron chi connectivity index (χ4n) is 1.95. The molecule has 0 saturated heterocycles. The first-order chi connectivity index (χ1) is 8.69. The Hall–Kier alpha value is -0.610. The number of rotatable bonds is 11. The van der Waals surface area contributed by atoms with E-state index < -0.39 is 0 Å². The van der Waals surface area contributed by atoms with Crippen LogP contribution in [0.2, 0.25) is 0 Å². The summed E-state index contributed by atoms with van der Waals surface area (Å²) in [5, 5.41) is 0. The van der Waals surface area contributed by atoms with Gasteiger partial charge in [0.25, 0.3) is 0 Å². The van der Waals surface area contributed by atoms with E-state index in [9.17, 15) is 4.79 Å². The summed E-state index contributed by atoms with van der Waals surface area (Å²) in [6.45, 7) is 8.73. The van der Waals surface area contributed by atoms with Gasteiger partial charge in [0.2, 0.25) is 0 Å². The Kier molecular flexibility index (Phi) is 11.1. The van der Waals surface area contributed by atoms with Crippen molar-refractivity contribution in [2.24, 2.45) is 0 Å². The standard InChI is InChI=1S/C14H29NO3/c1-5-8-10-18-14(16)12-15(9-11-17-4)13(6-2)7-3/h13H,5-12H2,1-4H3. The van der Waals surface area contributed by atoms with Crippen molar-refractivity contribution in [2.45, 2.75) is 52.5 Å². The summed E-state index contributed by atoms with van der Waals surface area (Å²) in [5.41, 5.74) is 0. The maximum Gasteiger partial charge on any atom is 0.320 e. The van der Waals surface area contributed by atoms with Gasteiger partial charge in [0.15, 0.2) is 0 Å². The Labute approximate surface area is 112 Å². The molecule has 108 valence electrons. The van der Waals surface area contributed by atoms with Crippen LogP contribution in [0, 0.1) is 0 Å². The van der Waals surface area contributed by atoms with E-state index in [2.05, 4.69) is 25.7 Å². The molecular formula is C14H29NO3. The number of methoxy groups -OCH3 is 1. The lowest BCUT2D eigenvalue weighted by atomic mass is 10.1. The van der Waals surface area contributed by atoms with Crippen LogP contribution in [-0.2, 0) is 14.3 Å². The van der Waals surface area contributed by atoms with Crippen LogP contribution < -0.4 is 0 Å². The van der Waals surface area contributed by atoms with Crippen LogP contribution in [0.1, 0.15) is 46.5 Å². The molecule has 0 aromatic rings. The lowest BCUT2D eigenvalue weighted by Crippen LogP contribution is -2.41. The number of hydrogen-bond acceptors (Lipinski definition) is 4. The molecule has 0 aromatic carbocycles. The van der Waals surface area contributed by atoms with Gasteiger partial charge in [-0.2, -0.15) is 0 Å². The number of nitrogens with zero attached hydrogens (tertiary/aromatic N) is 1. The summed E-state index contributed by atoms with van der Waals surface area (Å²) >= 11 is 0. The van der Waals surface area contributed by atoms with Gasteiger partial charge in [-0.1, -0.05) is 27.2 Å². The van der Waals surface area contributed by atoms with Gasteiger partial charge in [0.05, 0.1) is 19.8 Å². The molecule has 0 bridgehead atoms. The second-order valence-electron chi connectivity index (χ2n) is 4.51. The smallest absolute Gasteiger partial charge is 0.320 e. The second kappa shape index (κ2) is 11.5. The van der Waals surface area contributed by atoms with Crippen molar-refractivity contribution in [3.63, 3.8) is 0 Å². The SMILES string of the molecule is CCCCOC(=O)CN(CCOC)C(CC)CC. The van der Waals surface area contributed by atoms with Crippen molar-refractivity contribution in [3.05, 3.63) is 0 Å². The summed E-state index contributed by atoms with van der Waals surface area (Å²) in [6, 6.07) is 0.430. The Morgan fingerprint density at radius 1 is 1.17 bits per heavy atom. The summed E-state index contributed by atoms with van der Waals surface area (Å²) in [7, 11) is 1.69. The van der Waals surface area contributed by atoms with E-state index in [1.165, 1.54) is 0 Å². The zero-order valence-electron chi connectivity index (χ0n) is 12.4. The van der Waals surface area contributed by atoms with Crippen LogP contribution in [0.25, 0.3) is 0 Å². The highest BCUT2D eigenvalue weighted by Crippen LogP contribution is 2.08. The predicted molar refractivity (Wildman–Crippen MR) is 73.7 cm³/mol. The fraction of sp³-hybridized carbons (Fsp3) is 0.929. The zero-order valence-corrected chi connectivity index (χ0v) is 12.4. The van der Waals surface area contributed by atoms with Gasteiger partial charge in [-0.15, -0.1) is 0 Å². The van der Waals surface area contributed by atoms with E-state index in [4.69, 9.17) is 9.47 Å². The molecule has 18 heavy (non-hydrogen) atoms. The van der Waals surface area contributed by atoms with Gasteiger partial charge >= 0.3 is 5.97 Å². The molecule has 0 unspecified atom stereocenters. The van der Waals surface area contributed by atoms with Crippen LogP contribution in [-0.4, -0.2) is 50.3 Å². The maximum atomic E-state index is 11.7. The number of unbranched alkanes of at least 4 members (excludes halogenated alkanes) is 1. The van der Waals surface area contributed by atoms with Gasteiger partial charge in [0, 0.05) is 19.7 Å². The minimum absolute atomic E-state index is 0.119. The molecule has 0 rings (SSSR count). The molecule has 4 nitrogen and oxygen atoms in total. The molecule has 0 aromatic heterocycles. The van der Waals surface area contributed by atoms with E-state index in [1.807, 2.05) is 0 Å². The number of ether oxygens (including phenoxy) is 2. The monoisotopic (exact) mass is 259 g/mol. The minimum atomic E-state index is -0.119. The zero-order chi connectivity index (χ0) is 13.8. The van der Waals surface area contributed by atoms with E-state index in [1.54, 1.807) is 7.11 Å². The van der Waals surface area contributed by atoms with Crippen molar-refractivity contribution < 1.29 is 14.3 Å². The average Bonchev–Trinajstić information content (AvgIpc) is 2.37. The van der Waals surface area contributed by atoms with E-state index in [0.29, 0.717) is 25.8 Å². The van der Waals surface area contributed by atoms with Crippen molar-refractivity contribution in [1.29, 1.82) is 0 Å². The lowest BCUT2D eigenvalue weighted by Gasteiger charge is -2.29. The third kappa shape index (κ3) is 7.67. The summed E-state index contributed by atoms with van der Waals surface area (Å²) in [4.78, 5) is 13.9. The number of hydrogen-bond donors (Lipinski definition) is 0. The number of esters is 1. The minimum Gasteiger partial charge on any atom is -0.465 e. The third-order valence-electron chi connectivity index (χ3n) is 3.13. The first kappa shape index (κ1) is 17.4. The molecule has 0 saturated carbocycles. The average molecular weight is 259 g/mol. The van der Waals surface area contributed by atoms with Crippen molar-refractivity contribution in [3.8, 4) is 0 Å². The molecule has 0 amide bonds. The van der Waals surface area contributed by atoms with Gasteiger partial charge < -0.3 is 9.47 Å². The summed E-state index contributed by atoms with van der Waals surface area (Å²) < 4.78 is 10.3. The van der Waals surface area contributed by atoms with Crippen molar-refractivity contribution in [1.82, 2.24) is 4.90 Å². The molecular weight excluding hydrogens is 230 g/mol. The Balaban J connectivity index is 4.16. The molecule has 0 fully saturated rings. The van der Waals surface area contributed by atoms with Gasteiger partial charge in [-0.3, -0.25) is 9.69 Å². The second-order valence-corrected chi connectivity index (χ2v) is 4.51. The van der Waals surface area contributed by atoms with Crippen LogP contribution in [0.15, 0.2) is 0 Å². The van der Waals surface area contributed by atoms with Crippen molar-refractivity contribution in [2.75, 3.05) is 33.4 Å². The molecule has 0 atom stereocenters. The Morgan fingerprint density at radius 3 is 2.33 bits per heavy atom. The topological polar surface area (TPSA) is 38.8 Å². The van der Waals surface area contributed by atoms with Crippen LogP contribution in [0.3, 0.4) is 0 Å². The molecule has 0 radical (unpaired) electrons. The number of carbonyl (C=O) groups excluding carboxylic acids is 1. The van der Waals surface area contributed by atoms with Gasteiger partial charge in [-0.25, -0.2) is 0 Å². The highest BCUT2D eigenvalue weighted by atomic mass is 16.5. The fourth-order valence-corrected chi connectivity index (χ4v) is 1.95. The van der Waals surface area contributed by atoms with E-state index in [0.717, 1.165) is 32.2 Å². The van der Waals surface area contributed by atoms with Crippen LogP contribution in [0.4, 0.5) is 0 Å². The molecule has 0 N–H and O–H groups in total. The quantitative estimate of drug-likeness (QED) is 0.422. The number of carbonyl (C=O) groups is 1. The van der Waals surface area contributed by atoms with Gasteiger partial charge in [-0.05, 0) is 19.3 Å². The largest absolute Gasteiger partial charge is 0.465 e. The Bertz CT molecular complexity index is 205. The molecule has 0 heterocycles. The van der Waals surface area contributed by atoms with Gasteiger partial charge in [0.1, 0.15) is 0 Å². The van der Waals surface area contributed by atoms with E-state index >= 15 is 0 Å². The highest BCUT2D eigenvalue weighted by Gasteiger charge is 2.18. The van der Waals surface area contributed by atoms with Crippen LogP contribution >= 0.6 is 0 Å². The lowest BCUT2D eigenvalue weighted by molar-refractivity contribution is -0.145. The maximum absolute atomic E-state index is 11.7. The van der Waals surface area contributed by atoms with Crippen LogP contribution in [0.5, 0.6) is 0 Å². The predicted octanol–water partition coefficient (Wildman–Crippen LogP) is 2.47. The third-order valence-corrected chi connectivity index (χ3v) is 3.13. The molecule has 4 heteroatoms. The Morgan fingerprint density at radius 2 is 1.83 bits per heavy atom. The highest BCUT2D eigenvalue weighted by molar-refractivity contribution is 5.71. The molecule has 0 aliphatic carbocycles. The molecule has 0 aliphatic heterocycles. The normalized spacial score (nSPS) is 11.2. The van der Waals surface area contributed by atoms with Crippen molar-refractivity contribution >= 4 is 5.97 Å². The molecule has 0 aliphatic rings.